The largest absolute Gasteiger partial charge is 0.385 e. The Bertz CT molecular complexity index is 377. The van der Waals surface area contributed by atoms with E-state index in [0.717, 1.165) is 18.2 Å². The molecule has 1 aliphatic carbocycles. The van der Waals surface area contributed by atoms with Gasteiger partial charge in [0.05, 0.1) is 10.6 Å². The van der Waals surface area contributed by atoms with E-state index in [4.69, 9.17) is 16.9 Å². The van der Waals surface area contributed by atoms with Crippen LogP contribution in [0.15, 0.2) is 18.2 Å². The van der Waals surface area contributed by atoms with E-state index in [1.807, 2.05) is 6.07 Å². The molecule has 72 valence electrons. The van der Waals surface area contributed by atoms with Crippen molar-refractivity contribution in [1.29, 1.82) is 5.26 Å². The first-order valence-electron chi connectivity index (χ1n) is 4.73. The average molecular weight is 207 g/mol. The van der Waals surface area contributed by atoms with Gasteiger partial charge in [-0.1, -0.05) is 11.6 Å². The van der Waals surface area contributed by atoms with Crippen LogP contribution in [0.25, 0.3) is 0 Å². The number of hydrogen-bond acceptors (Lipinski definition) is 2. The van der Waals surface area contributed by atoms with E-state index in [-0.39, 0.29) is 0 Å². The molecule has 0 bridgehead atoms. The molecule has 0 aromatic heterocycles. The van der Waals surface area contributed by atoms with Crippen LogP contribution in [0, 0.1) is 17.2 Å². The van der Waals surface area contributed by atoms with Crippen LogP contribution in [0.3, 0.4) is 0 Å². The van der Waals surface area contributed by atoms with Crippen LogP contribution in [-0.4, -0.2) is 6.54 Å². The Labute approximate surface area is 88.5 Å². The molecule has 3 heteroatoms. The minimum atomic E-state index is 0.518. The van der Waals surface area contributed by atoms with Crippen molar-refractivity contribution in [2.45, 2.75) is 12.8 Å². The van der Waals surface area contributed by atoms with E-state index < -0.39 is 0 Å². The first-order chi connectivity index (χ1) is 6.79. The second kappa shape index (κ2) is 3.89. The molecule has 0 radical (unpaired) electrons. The lowest BCUT2D eigenvalue weighted by Crippen LogP contribution is -2.03. The Kier molecular flexibility index (Phi) is 2.60. The van der Waals surface area contributed by atoms with Crippen molar-refractivity contribution in [2.24, 2.45) is 5.92 Å². The summed E-state index contributed by atoms with van der Waals surface area (Å²) in [5.41, 5.74) is 1.52. The lowest BCUT2D eigenvalue weighted by molar-refractivity contribution is 0.889. The molecular formula is C11H11ClN2. The smallest absolute Gasteiger partial charge is 0.101 e. The highest BCUT2D eigenvalue weighted by Crippen LogP contribution is 2.29. The third kappa shape index (κ3) is 2.18. The van der Waals surface area contributed by atoms with E-state index in [1.165, 1.54) is 12.8 Å². The van der Waals surface area contributed by atoms with Gasteiger partial charge in [0.1, 0.15) is 6.07 Å². The molecule has 0 atom stereocenters. The number of nitrogens with one attached hydrogen (secondary N) is 1. The molecule has 1 aliphatic rings. The molecule has 0 aliphatic heterocycles. The number of halogens is 1. The van der Waals surface area contributed by atoms with Crippen molar-refractivity contribution in [2.75, 3.05) is 11.9 Å². The lowest BCUT2D eigenvalue weighted by Gasteiger charge is -2.05. The first-order valence-corrected chi connectivity index (χ1v) is 5.11. The zero-order valence-electron chi connectivity index (χ0n) is 7.76. The number of anilines is 1. The van der Waals surface area contributed by atoms with Crippen molar-refractivity contribution in [3.05, 3.63) is 28.8 Å². The standard InChI is InChI=1S/C11H11ClN2/c12-11-4-3-10(5-9(11)6-13)14-7-8-1-2-8/h3-5,8,14H,1-2,7H2. The summed E-state index contributed by atoms with van der Waals surface area (Å²) in [5, 5.41) is 12.6. The summed E-state index contributed by atoms with van der Waals surface area (Å²) in [6.45, 7) is 1.01. The molecule has 14 heavy (non-hydrogen) atoms. The molecular weight excluding hydrogens is 196 g/mol. The summed E-state index contributed by atoms with van der Waals surface area (Å²) in [6, 6.07) is 7.53. The summed E-state index contributed by atoms with van der Waals surface area (Å²) < 4.78 is 0. The third-order valence-electron chi connectivity index (χ3n) is 2.38. The molecule has 1 N–H and O–H groups in total. The Morgan fingerprint density at radius 3 is 2.93 bits per heavy atom. The summed E-state index contributed by atoms with van der Waals surface area (Å²) >= 11 is 5.82. The number of rotatable bonds is 3. The van der Waals surface area contributed by atoms with Crippen LogP contribution < -0.4 is 5.32 Å². The zero-order valence-corrected chi connectivity index (χ0v) is 8.51. The highest BCUT2D eigenvalue weighted by Gasteiger charge is 2.20. The molecule has 1 saturated carbocycles. The fourth-order valence-electron chi connectivity index (χ4n) is 1.31. The average Bonchev–Trinajstić information content (AvgIpc) is 3.00. The molecule has 0 spiro atoms. The fourth-order valence-corrected chi connectivity index (χ4v) is 1.46. The maximum absolute atomic E-state index is 8.77. The Balaban J connectivity index is 2.06. The molecule has 1 fully saturated rings. The predicted octanol–water partition coefficient (Wildman–Crippen LogP) is 3.03. The maximum Gasteiger partial charge on any atom is 0.101 e. The van der Waals surface area contributed by atoms with Crippen LogP contribution in [0.1, 0.15) is 18.4 Å². The van der Waals surface area contributed by atoms with Crippen molar-refractivity contribution >= 4 is 17.3 Å². The Morgan fingerprint density at radius 1 is 1.50 bits per heavy atom. The number of nitriles is 1. The molecule has 2 rings (SSSR count). The van der Waals surface area contributed by atoms with Gasteiger partial charge in [0, 0.05) is 12.2 Å². The lowest BCUT2D eigenvalue weighted by atomic mass is 10.2. The monoisotopic (exact) mass is 206 g/mol. The molecule has 2 nitrogen and oxygen atoms in total. The van der Waals surface area contributed by atoms with E-state index in [9.17, 15) is 0 Å². The van der Waals surface area contributed by atoms with Gasteiger partial charge in [-0.25, -0.2) is 0 Å². The fraction of sp³-hybridized carbons (Fsp3) is 0.364. The van der Waals surface area contributed by atoms with Gasteiger partial charge in [-0.2, -0.15) is 5.26 Å². The first kappa shape index (κ1) is 9.36. The number of hydrogen-bond donors (Lipinski definition) is 1. The molecule has 0 heterocycles. The SMILES string of the molecule is N#Cc1cc(NCC2CC2)ccc1Cl. The van der Waals surface area contributed by atoms with Crippen LogP contribution >= 0.6 is 11.6 Å². The van der Waals surface area contributed by atoms with Gasteiger partial charge in [-0.05, 0) is 37.0 Å². The maximum atomic E-state index is 8.77. The Hall–Kier alpha value is -1.20. The van der Waals surface area contributed by atoms with Gasteiger partial charge >= 0.3 is 0 Å². The summed E-state index contributed by atoms with van der Waals surface area (Å²) in [4.78, 5) is 0. The minimum Gasteiger partial charge on any atom is -0.385 e. The van der Waals surface area contributed by atoms with Gasteiger partial charge in [0.25, 0.3) is 0 Å². The minimum absolute atomic E-state index is 0.518. The van der Waals surface area contributed by atoms with Crippen molar-refractivity contribution in [3.63, 3.8) is 0 Å². The van der Waals surface area contributed by atoms with Crippen LogP contribution in [0.5, 0.6) is 0 Å². The summed E-state index contributed by atoms with van der Waals surface area (Å²) in [6.07, 6.45) is 2.65. The van der Waals surface area contributed by atoms with Gasteiger partial charge in [0.15, 0.2) is 0 Å². The van der Waals surface area contributed by atoms with Crippen molar-refractivity contribution in [1.82, 2.24) is 0 Å². The Morgan fingerprint density at radius 2 is 2.29 bits per heavy atom. The quantitative estimate of drug-likeness (QED) is 0.825. The highest BCUT2D eigenvalue weighted by molar-refractivity contribution is 6.31. The van der Waals surface area contributed by atoms with Gasteiger partial charge in [-0.15, -0.1) is 0 Å². The van der Waals surface area contributed by atoms with Crippen molar-refractivity contribution in [3.8, 4) is 6.07 Å². The summed E-state index contributed by atoms with van der Waals surface area (Å²) in [7, 11) is 0. The van der Waals surface area contributed by atoms with Gasteiger partial charge in [0.2, 0.25) is 0 Å². The second-order valence-electron chi connectivity index (χ2n) is 3.63. The second-order valence-corrected chi connectivity index (χ2v) is 4.04. The predicted molar refractivity (Wildman–Crippen MR) is 57.4 cm³/mol. The normalized spacial score (nSPS) is 14.9. The van der Waals surface area contributed by atoms with Gasteiger partial charge < -0.3 is 5.32 Å². The summed E-state index contributed by atoms with van der Waals surface area (Å²) in [5.74, 6) is 0.830. The number of nitrogens with zero attached hydrogens (tertiary/aromatic N) is 1. The van der Waals surface area contributed by atoms with E-state index in [2.05, 4.69) is 11.4 Å². The number of benzene rings is 1. The van der Waals surface area contributed by atoms with Gasteiger partial charge in [-0.3, -0.25) is 0 Å². The molecule has 0 amide bonds. The van der Waals surface area contributed by atoms with E-state index >= 15 is 0 Å². The topological polar surface area (TPSA) is 35.8 Å². The molecule has 0 saturated heterocycles. The van der Waals surface area contributed by atoms with Crippen LogP contribution in [0.2, 0.25) is 5.02 Å². The van der Waals surface area contributed by atoms with Crippen LogP contribution in [-0.2, 0) is 0 Å². The van der Waals surface area contributed by atoms with Crippen LogP contribution in [0.4, 0.5) is 5.69 Å². The van der Waals surface area contributed by atoms with E-state index in [0.29, 0.717) is 10.6 Å². The molecule has 0 unspecified atom stereocenters. The zero-order chi connectivity index (χ0) is 9.97. The molecule has 1 aromatic rings. The highest BCUT2D eigenvalue weighted by atomic mass is 35.5. The van der Waals surface area contributed by atoms with Crippen molar-refractivity contribution < 1.29 is 0 Å². The molecule has 1 aromatic carbocycles. The third-order valence-corrected chi connectivity index (χ3v) is 2.71. The van der Waals surface area contributed by atoms with E-state index in [1.54, 1.807) is 12.1 Å².